The molecule has 3 nitrogen and oxygen atoms in total. The van der Waals surface area contributed by atoms with Crippen molar-refractivity contribution in [2.45, 2.75) is 0 Å². The summed E-state index contributed by atoms with van der Waals surface area (Å²) in [5.41, 5.74) is 4.33. The van der Waals surface area contributed by atoms with E-state index in [1.807, 2.05) is 72.9 Å². The number of pyridine rings is 1. The second-order valence-corrected chi connectivity index (χ2v) is 14.2. The zero-order valence-electron chi connectivity index (χ0n) is 22.9. The van der Waals surface area contributed by atoms with E-state index >= 15 is 0 Å². The van der Waals surface area contributed by atoms with Gasteiger partial charge in [-0.05, 0) is 38.8 Å². The van der Waals surface area contributed by atoms with E-state index in [0.29, 0.717) is 5.57 Å². The summed E-state index contributed by atoms with van der Waals surface area (Å²) in [6.07, 6.45) is 5.81. The SMILES string of the molecule is O=C1C([Si](c2ccccc2)(c2ccccc2)c2ccccc2)=Cc2ccccc2/C1=C/Nc1cccc2cccnc12. The highest BCUT2D eigenvalue weighted by Gasteiger charge is 2.47. The van der Waals surface area contributed by atoms with E-state index in [1.165, 1.54) is 15.6 Å². The van der Waals surface area contributed by atoms with Crippen LogP contribution in [0.2, 0.25) is 0 Å². The minimum Gasteiger partial charge on any atom is -0.359 e. The van der Waals surface area contributed by atoms with Gasteiger partial charge in [0.15, 0.2) is 13.9 Å². The van der Waals surface area contributed by atoms with Gasteiger partial charge in [0, 0.05) is 28.6 Å². The number of carbonyl (C=O) groups excluding carboxylic acids is 1. The smallest absolute Gasteiger partial charge is 0.188 e. The fourth-order valence-corrected chi connectivity index (χ4v) is 11.0. The zero-order chi connectivity index (χ0) is 28.4. The number of hydrogen-bond donors (Lipinski definition) is 1. The molecule has 0 spiro atoms. The molecule has 0 unspecified atom stereocenters. The number of carbonyl (C=O) groups is 1. The maximum atomic E-state index is 15.0. The molecule has 200 valence electrons. The number of rotatable bonds is 6. The lowest BCUT2D eigenvalue weighted by Crippen LogP contribution is -2.70. The van der Waals surface area contributed by atoms with Gasteiger partial charge in [0.2, 0.25) is 0 Å². The fourth-order valence-electron chi connectivity index (χ4n) is 6.18. The topological polar surface area (TPSA) is 42.0 Å². The Labute approximate surface area is 246 Å². The molecule has 6 aromatic rings. The lowest BCUT2D eigenvalue weighted by Gasteiger charge is -2.37. The van der Waals surface area contributed by atoms with Crippen LogP contribution in [0.3, 0.4) is 0 Å². The van der Waals surface area contributed by atoms with Gasteiger partial charge in [0.05, 0.1) is 11.2 Å². The normalized spacial score (nSPS) is 14.0. The van der Waals surface area contributed by atoms with Gasteiger partial charge in [-0.1, -0.05) is 140 Å². The summed E-state index contributed by atoms with van der Waals surface area (Å²) in [4.78, 5) is 19.6. The van der Waals surface area contributed by atoms with E-state index in [9.17, 15) is 4.79 Å². The van der Waals surface area contributed by atoms with Crippen LogP contribution in [-0.4, -0.2) is 18.8 Å². The molecule has 0 saturated carbocycles. The van der Waals surface area contributed by atoms with Crippen LogP contribution in [0.5, 0.6) is 0 Å². The van der Waals surface area contributed by atoms with Crippen LogP contribution in [0.15, 0.2) is 163 Å². The van der Waals surface area contributed by atoms with Crippen molar-refractivity contribution in [2.24, 2.45) is 0 Å². The summed E-state index contributed by atoms with van der Waals surface area (Å²) < 4.78 is 0. The van der Waals surface area contributed by atoms with Crippen molar-refractivity contribution in [1.82, 2.24) is 4.98 Å². The average molecular weight is 557 g/mol. The Kier molecular flexibility index (Phi) is 6.66. The van der Waals surface area contributed by atoms with Crippen molar-refractivity contribution in [3.8, 4) is 0 Å². The third-order valence-electron chi connectivity index (χ3n) is 8.07. The molecule has 1 heterocycles. The minimum absolute atomic E-state index is 0.0395. The second-order valence-electron chi connectivity index (χ2n) is 10.4. The van der Waals surface area contributed by atoms with Gasteiger partial charge >= 0.3 is 0 Å². The number of aromatic nitrogens is 1. The number of nitrogens with zero attached hydrogens (tertiary/aromatic N) is 1. The van der Waals surface area contributed by atoms with Crippen molar-refractivity contribution < 1.29 is 4.79 Å². The first-order chi connectivity index (χ1) is 20.8. The Bertz CT molecular complexity index is 1860. The first kappa shape index (κ1) is 25.6. The number of para-hydroxylation sites is 1. The number of hydrogen-bond acceptors (Lipinski definition) is 3. The van der Waals surface area contributed by atoms with E-state index in [2.05, 4.69) is 95.2 Å². The molecule has 4 heteroatoms. The third-order valence-corrected chi connectivity index (χ3v) is 12.8. The van der Waals surface area contributed by atoms with Gasteiger partial charge in [0.25, 0.3) is 0 Å². The van der Waals surface area contributed by atoms with Crippen molar-refractivity contribution in [3.63, 3.8) is 0 Å². The number of benzene rings is 5. The molecule has 5 aromatic carbocycles. The molecule has 0 fully saturated rings. The highest BCUT2D eigenvalue weighted by molar-refractivity contribution is 7.19. The van der Waals surface area contributed by atoms with Crippen LogP contribution >= 0.6 is 0 Å². The summed E-state index contributed by atoms with van der Waals surface area (Å²) in [5.74, 6) is 0.0395. The van der Waals surface area contributed by atoms with E-state index < -0.39 is 8.07 Å². The molecule has 0 atom stereocenters. The van der Waals surface area contributed by atoms with Gasteiger partial charge in [0.1, 0.15) is 0 Å². The van der Waals surface area contributed by atoms with Crippen LogP contribution in [0.25, 0.3) is 22.6 Å². The Balaban J connectivity index is 1.48. The summed E-state index contributed by atoms with van der Waals surface area (Å²) in [6.45, 7) is 0. The second kappa shape index (κ2) is 10.9. The van der Waals surface area contributed by atoms with Crippen LogP contribution in [-0.2, 0) is 4.79 Å². The Morgan fingerprint density at radius 2 is 1.17 bits per heavy atom. The number of nitrogens with one attached hydrogen (secondary N) is 1. The van der Waals surface area contributed by atoms with Gasteiger partial charge < -0.3 is 5.32 Å². The summed E-state index contributed by atoms with van der Waals surface area (Å²) in [6, 6.07) is 49.9. The van der Waals surface area contributed by atoms with Crippen LogP contribution in [0, 0.1) is 0 Å². The molecule has 42 heavy (non-hydrogen) atoms. The van der Waals surface area contributed by atoms with E-state index in [0.717, 1.165) is 32.9 Å². The number of Topliss-reactive ketones (excluding diaryl/α,β-unsaturated/α-hetero) is 1. The molecule has 0 aliphatic heterocycles. The maximum absolute atomic E-state index is 15.0. The van der Waals surface area contributed by atoms with E-state index in [-0.39, 0.29) is 5.78 Å². The zero-order valence-corrected chi connectivity index (χ0v) is 23.9. The molecule has 7 rings (SSSR count). The van der Waals surface area contributed by atoms with Crippen LogP contribution in [0.4, 0.5) is 5.69 Å². The average Bonchev–Trinajstić information content (AvgIpc) is 3.06. The summed E-state index contributed by atoms with van der Waals surface area (Å²) in [5, 5.41) is 8.87. The Hall–Kier alpha value is -5.32. The van der Waals surface area contributed by atoms with Crippen LogP contribution < -0.4 is 20.9 Å². The molecule has 0 saturated heterocycles. The lowest BCUT2D eigenvalue weighted by molar-refractivity contribution is -0.110. The van der Waals surface area contributed by atoms with Crippen molar-refractivity contribution in [1.29, 1.82) is 0 Å². The first-order valence-electron chi connectivity index (χ1n) is 14.1. The molecular formula is C38H28N2OSi. The lowest BCUT2D eigenvalue weighted by atomic mass is 9.92. The number of ketones is 1. The first-order valence-corrected chi connectivity index (χ1v) is 16.1. The molecule has 1 aliphatic carbocycles. The molecule has 1 N–H and O–H groups in total. The standard InChI is InChI=1S/C38H28N2OSi/c41-38-34(27-40-35-24-12-15-28-16-13-25-39-37(28)35)33-23-11-10-14-29(33)26-36(38)42(30-17-4-1-5-18-30,31-19-6-2-7-20-31)32-21-8-3-9-22-32/h1-27,40H/b34-27-. The largest absolute Gasteiger partial charge is 0.359 e. The third kappa shape index (κ3) is 4.30. The Morgan fingerprint density at radius 1 is 0.595 bits per heavy atom. The van der Waals surface area contributed by atoms with Gasteiger partial charge in [-0.25, -0.2) is 0 Å². The van der Waals surface area contributed by atoms with Crippen molar-refractivity contribution in [3.05, 3.63) is 174 Å². The van der Waals surface area contributed by atoms with Crippen molar-refractivity contribution >= 4 is 57.7 Å². The Morgan fingerprint density at radius 3 is 1.81 bits per heavy atom. The molecule has 0 radical (unpaired) electrons. The molecular weight excluding hydrogens is 529 g/mol. The summed E-state index contributed by atoms with van der Waals surface area (Å²) >= 11 is 0. The highest BCUT2D eigenvalue weighted by atomic mass is 28.3. The van der Waals surface area contributed by atoms with Crippen molar-refractivity contribution in [2.75, 3.05) is 5.32 Å². The number of fused-ring (bicyclic) bond motifs is 2. The monoisotopic (exact) mass is 556 g/mol. The predicted molar refractivity (Wildman–Crippen MR) is 177 cm³/mol. The van der Waals surface area contributed by atoms with Gasteiger partial charge in [-0.15, -0.1) is 0 Å². The quantitative estimate of drug-likeness (QED) is 0.147. The van der Waals surface area contributed by atoms with Gasteiger partial charge in [-0.3, -0.25) is 9.78 Å². The predicted octanol–water partition coefficient (Wildman–Crippen LogP) is 6.36. The molecule has 1 aliphatic rings. The van der Waals surface area contributed by atoms with Crippen LogP contribution in [0.1, 0.15) is 11.1 Å². The number of allylic oxidation sites excluding steroid dienone is 2. The molecule has 0 amide bonds. The maximum Gasteiger partial charge on any atom is 0.188 e. The van der Waals surface area contributed by atoms with E-state index in [4.69, 9.17) is 0 Å². The fraction of sp³-hybridized carbons (Fsp3) is 0. The summed E-state index contributed by atoms with van der Waals surface area (Å²) in [7, 11) is -3.02. The molecule has 0 bridgehead atoms. The highest BCUT2D eigenvalue weighted by Crippen LogP contribution is 2.35. The minimum atomic E-state index is -3.02. The molecule has 1 aromatic heterocycles. The van der Waals surface area contributed by atoms with E-state index in [1.54, 1.807) is 6.20 Å². The van der Waals surface area contributed by atoms with Gasteiger partial charge in [-0.2, -0.15) is 0 Å². The number of anilines is 1.